The lowest BCUT2D eigenvalue weighted by molar-refractivity contribution is 0.0483. The van der Waals surface area contributed by atoms with Gasteiger partial charge in [-0.25, -0.2) is 8.78 Å². The lowest BCUT2D eigenvalue weighted by Gasteiger charge is -2.30. The molecule has 0 aromatic heterocycles. The summed E-state index contributed by atoms with van der Waals surface area (Å²) in [5, 5.41) is 3.62. The highest BCUT2D eigenvalue weighted by molar-refractivity contribution is 6.31. The van der Waals surface area contributed by atoms with E-state index in [4.69, 9.17) is 16.3 Å². The quantitative estimate of drug-likeness (QED) is 0.919. The minimum Gasteiger partial charge on any atom is -0.379 e. The molecule has 2 atom stereocenters. The molecule has 1 aromatic carbocycles. The van der Waals surface area contributed by atoms with E-state index < -0.39 is 11.5 Å². The molecule has 1 saturated heterocycles. The number of rotatable bonds is 4. The van der Waals surface area contributed by atoms with E-state index >= 15 is 0 Å². The van der Waals surface area contributed by atoms with Gasteiger partial charge >= 0.3 is 0 Å². The highest BCUT2D eigenvalue weighted by atomic mass is 35.5. The molecule has 106 valence electrons. The maximum Gasteiger partial charge on any atom is 0.123 e. The summed E-state index contributed by atoms with van der Waals surface area (Å²) in [6, 6.07) is 4.03. The van der Waals surface area contributed by atoms with Gasteiger partial charge in [0.2, 0.25) is 0 Å². The smallest absolute Gasteiger partial charge is 0.123 e. The second-order valence-electron chi connectivity index (χ2n) is 5.26. The Morgan fingerprint density at radius 3 is 3.00 bits per heavy atom. The zero-order chi connectivity index (χ0) is 13.9. The van der Waals surface area contributed by atoms with Crippen molar-refractivity contribution in [1.29, 1.82) is 0 Å². The average molecular weight is 290 g/mol. The standard InChI is InChI=1S/C14H18ClF2NO/c1-14(17,8-12-9-19-5-4-18-12)7-10-6-11(16)2-3-13(10)15/h2-3,6,12,18H,4-5,7-9H2,1H3. The van der Waals surface area contributed by atoms with Crippen molar-refractivity contribution in [2.24, 2.45) is 0 Å². The first-order chi connectivity index (χ1) is 8.96. The Bertz CT molecular complexity index is 433. The fourth-order valence-corrected chi connectivity index (χ4v) is 2.60. The number of hydrogen-bond donors (Lipinski definition) is 1. The van der Waals surface area contributed by atoms with Gasteiger partial charge in [0.05, 0.1) is 13.2 Å². The molecule has 1 heterocycles. The second-order valence-corrected chi connectivity index (χ2v) is 5.66. The molecule has 19 heavy (non-hydrogen) atoms. The van der Waals surface area contributed by atoms with Crippen molar-refractivity contribution < 1.29 is 13.5 Å². The van der Waals surface area contributed by atoms with E-state index in [1.165, 1.54) is 25.1 Å². The van der Waals surface area contributed by atoms with Crippen LogP contribution < -0.4 is 5.32 Å². The lowest BCUT2D eigenvalue weighted by atomic mass is 9.91. The Hall–Kier alpha value is -0.710. The Morgan fingerprint density at radius 1 is 1.53 bits per heavy atom. The highest BCUT2D eigenvalue weighted by Gasteiger charge is 2.30. The molecular weight excluding hydrogens is 272 g/mol. The van der Waals surface area contributed by atoms with E-state index in [0.717, 1.165) is 6.54 Å². The molecule has 1 aliphatic heterocycles. The minimum atomic E-state index is -1.45. The third kappa shape index (κ3) is 4.41. The molecule has 0 radical (unpaired) electrons. The molecule has 1 fully saturated rings. The highest BCUT2D eigenvalue weighted by Crippen LogP contribution is 2.28. The maximum atomic E-state index is 14.6. The van der Waals surface area contributed by atoms with Gasteiger partial charge in [-0.2, -0.15) is 0 Å². The van der Waals surface area contributed by atoms with Crippen LogP contribution in [0.3, 0.4) is 0 Å². The van der Waals surface area contributed by atoms with Crippen molar-refractivity contribution in [2.75, 3.05) is 19.8 Å². The van der Waals surface area contributed by atoms with E-state index in [1.807, 2.05) is 0 Å². The zero-order valence-electron chi connectivity index (χ0n) is 10.9. The number of morpholine rings is 1. The van der Waals surface area contributed by atoms with Crippen molar-refractivity contribution in [2.45, 2.75) is 31.5 Å². The van der Waals surface area contributed by atoms with E-state index in [9.17, 15) is 8.78 Å². The summed E-state index contributed by atoms with van der Waals surface area (Å²) >= 11 is 5.97. The summed E-state index contributed by atoms with van der Waals surface area (Å²) < 4.78 is 33.1. The van der Waals surface area contributed by atoms with Crippen molar-refractivity contribution in [3.05, 3.63) is 34.6 Å². The first-order valence-corrected chi connectivity index (χ1v) is 6.78. The molecule has 0 aliphatic carbocycles. The third-order valence-electron chi connectivity index (χ3n) is 3.24. The average Bonchev–Trinajstić information content (AvgIpc) is 2.34. The van der Waals surface area contributed by atoms with Crippen LogP contribution in [0.4, 0.5) is 8.78 Å². The number of ether oxygens (including phenoxy) is 1. The molecule has 0 amide bonds. The van der Waals surface area contributed by atoms with Crippen molar-refractivity contribution in [3.8, 4) is 0 Å². The van der Waals surface area contributed by atoms with Gasteiger partial charge in [-0.3, -0.25) is 0 Å². The van der Waals surface area contributed by atoms with Gasteiger partial charge in [-0.1, -0.05) is 11.6 Å². The largest absolute Gasteiger partial charge is 0.379 e. The predicted octanol–water partition coefficient (Wildman–Crippen LogP) is 3.13. The van der Waals surface area contributed by atoms with Gasteiger partial charge in [-0.05, 0) is 37.1 Å². The molecule has 2 nitrogen and oxygen atoms in total. The van der Waals surface area contributed by atoms with Crippen LogP contribution in [0.1, 0.15) is 18.9 Å². The molecule has 1 aliphatic rings. The monoisotopic (exact) mass is 289 g/mol. The first kappa shape index (κ1) is 14.7. The van der Waals surface area contributed by atoms with Crippen molar-refractivity contribution >= 4 is 11.6 Å². The molecule has 0 saturated carbocycles. The molecule has 0 spiro atoms. The topological polar surface area (TPSA) is 21.3 Å². The summed E-state index contributed by atoms with van der Waals surface area (Å²) in [6.45, 7) is 3.43. The van der Waals surface area contributed by atoms with Crippen LogP contribution >= 0.6 is 11.6 Å². The number of alkyl halides is 1. The summed E-state index contributed by atoms with van der Waals surface area (Å²) in [5.41, 5.74) is -0.945. The Kier molecular flexibility index (Phi) is 4.76. The molecular formula is C14H18ClF2NO. The van der Waals surface area contributed by atoms with Crippen LogP contribution in [0, 0.1) is 5.82 Å². The van der Waals surface area contributed by atoms with Crippen LogP contribution in [0.15, 0.2) is 18.2 Å². The summed E-state index contributed by atoms with van der Waals surface area (Å²) in [4.78, 5) is 0. The third-order valence-corrected chi connectivity index (χ3v) is 3.61. The van der Waals surface area contributed by atoms with Crippen LogP contribution in [0.5, 0.6) is 0 Å². The van der Waals surface area contributed by atoms with Gasteiger partial charge in [0, 0.05) is 24.0 Å². The second kappa shape index (κ2) is 6.16. The number of hydrogen-bond acceptors (Lipinski definition) is 2. The summed E-state index contributed by atoms with van der Waals surface area (Å²) in [7, 11) is 0. The first-order valence-electron chi connectivity index (χ1n) is 6.40. The van der Waals surface area contributed by atoms with Crippen LogP contribution in [-0.4, -0.2) is 31.5 Å². The van der Waals surface area contributed by atoms with Crippen LogP contribution in [0.2, 0.25) is 5.02 Å². The Morgan fingerprint density at radius 2 is 2.32 bits per heavy atom. The van der Waals surface area contributed by atoms with Crippen LogP contribution in [-0.2, 0) is 11.2 Å². The van der Waals surface area contributed by atoms with E-state index in [-0.39, 0.29) is 12.5 Å². The van der Waals surface area contributed by atoms with E-state index in [1.54, 1.807) is 0 Å². The molecule has 1 N–H and O–H groups in total. The molecule has 5 heteroatoms. The van der Waals surface area contributed by atoms with Gasteiger partial charge in [0.15, 0.2) is 0 Å². The number of benzene rings is 1. The van der Waals surface area contributed by atoms with Gasteiger partial charge < -0.3 is 10.1 Å². The molecule has 0 bridgehead atoms. The van der Waals surface area contributed by atoms with E-state index in [2.05, 4.69) is 5.32 Å². The maximum absolute atomic E-state index is 14.6. The number of nitrogens with one attached hydrogen (secondary N) is 1. The molecule has 2 unspecified atom stereocenters. The van der Waals surface area contributed by atoms with E-state index in [0.29, 0.717) is 30.2 Å². The summed E-state index contributed by atoms with van der Waals surface area (Å²) in [5.74, 6) is -0.394. The van der Waals surface area contributed by atoms with Gasteiger partial charge in [0.1, 0.15) is 11.5 Å². The summed E-state index contributed by atoms with van der Waals surface area (Å²) in [6.07, 6.45) is 0.418. The van der Waals surface area contributed by atoms with Gasteiger partial charge in [-0.15, -0.1) is 0 Å². The molecule has 1 aromatic rings. The lowest BCUT2D eigenvalue weighted by Crippen LogP contribution is -2.45. The Balaban J connectivity index is 2.00. The van der Waals surface area contributed by atoms with Crippen molar-refractivity contribution in [3.63, 3.8) is 0 Å². The fourth-order valence-electron chi connectivity index (χ4n) is 2.41. The number of halogens is 3. The van der Waals surface area contributed by atoms with Crippen LogP contribution in [0.25, 0.3) is 0 Å². The fraction of sp³-hybridized carbons (Fsp3) is 0.571. The normalized spacial score (nSPS) is 23.1. The SMILES string of the molecule is CC(F)(Cc1cc(F)ccc1Cl)CC1COCCN1. The van der Waals surface area contributed by atoms with Gasteiger partial charge in [0.25, 0.3) is 0 Å². The predicted molar refractivity (Wildman–Crippen MR) is 71.9 cm³/mol. The minimum absolute atomic E-state index is 0.00363. The van der Waals surface area contributed by atoms with Crippen molar-refractivity contribution in [1.82, 2.24) is 5.32 Å². The zero-order valence-corrected chi connectivity index (χ0v) is 11.6. The molecule has 2 rings (SSSR count). The Labute approximate surface area is 117 Å².